The van der Waals surface area contributed by atoms with Gasteiger partial charge in [0, 0.05) is 6.07 Å². The van der Waals surface area contributed by atoms with Crippen LogP contribution in [0.25, 0.3) is 0 Å². The number of carbonyl (C=O) groups is 1. The van der Waals surface area contributed by atoms with Gasteiger partial charge in [-0.3, -0.25) is 10.1 Å². The van der Waals surface area contributed by atoms with Crippen LogP contribution in [0, 0.1) is 23.0 Å². The summed E-state index contributed by atoms with van der Waals surface area (Å²) >= 11 is 0. The van der Waals surface area contributed by atoms with E-state index in [-0.39, 0.29) is 29.0 Å². The highest BCUT2D eigenvalue weighted by atomic mass is 16.6. The van der Waals surface area contributed by atoms with Crippen LogP contribution in [0.2, 0.25) is 0 Å². The number of ether oxygens (including phenoxy) is 2. The van der Waals surface area contributed by atoms with Crippen LogP contribution in [0.3, 0.4) is 0 Å². The topological polar surface area (TPSA) is 78.7 Å². The molecule has 0 saturated heterocycles. The third-order valence-corrected chi connectivity index (χ3v) is 3.16. The Kier molecular flexibility index (Phi) is 5.07. The largest absolute Gasteiger partial charge is 0.484 e. The summed E-state index contributed by atoms with van der Waals surface area (Å²) in [6.07, 6.45) is -0.169. The molecule has 1 aromatic rings. The summed E-state index contributed by atoms with van der Waals surface area (Å²) in [5.74, 6) is -0.217. The first kappa shape index (κ1) is 15.9. The molecule has 0 aromatic heterocycles. The van der Waals surface area contributed by atoms with Crippen molar-refractivity contribution in [1.82, 2.24) is 0 Å². The molecule has 0 saturated carbocycles. The summed E-state index contributed by atoms with van der Waals surface area (Å²) in [6, 6.07) is 2.70. The van der Waals surface area contributed by atoms with Crippen LogP contribution in [-0.4, -0.2) is 24.1 Å². The van der Waals surface area contributed by atoms with Crippen molar-refractivity contribution in [2.45, 2.75) is 33.8 Å². The lowest BCUT2D eigenvalue weighted by molar-refractivity contribution is -0.386. The Labute approximate surface area is 117 Å². The molecule has 20 heavy (non-hydrogen) atoms. The van der Waals surface area contributed by atoms with Crippen LogP contribution in [-0.2, 0) is 4.74 Å². The van der Waals surface area contributed by atoms with Crippen molar-refractivity contribution < 1.29 is 19.2 Å². The number of esters is 1. The van der Waals surface area contributed by atoms with E-state index in [1.165, 1.54) is 19.2 Å². The maximum Gasteiger partial charge on any atom is 0.338 e. The molecule has 0 fully saturated rings. The number of carbonyl (C=O) groups excluding carboxylic acids is 1. The molecule has 0 aliphatic carbocycles. The van der Waals surface area contributed by atoms with Gasteiger partial charge in [-0.25, -0.2) is 4.79 Å². The monoisotopic (exact) mass is 281 g/mol. The first-order chi connectivity index (χ1) is 9.27. The molecule has 0 bridgehead atoms. The molecule has 0 heterocycles. The number of nitro groups is 1. The van der Waals surface area contributed by atoms with E-state index < -0.39 is 10.9 Å². The number of methoxy groups -OCH3 is 1. The fourth-order valence-corrected chi connectivity index (χ4v) is 1.57. The van der Waals surface area contributed by atoms with Gasteiger partial charge in [0.05, 0.1) is 23.7 Å². The van der Waals surface area contributed by atoms with Crippen molar-refractivity contribution in [3.05, 3.63) is 33.4 Å². The van der Waals surface area contributed by atoms with Gasteiger partial charge in [0.1, 0.15) is 0 Å². The van der Waals surface area contributed by atoms with E-state index in [1.807, 2.05) is 20.8 Å². The maximum absolute atomic E-state index is 11.6. The van der Waals surface area contributed by atoms with Crippen molar-refractivity contribution in [2.24, 2.45) is 5.92 Å². The summed E-state index contributed by atoms with van der Waals surface area (Å²) in [4.78, 5) is 22.1. The average molecular weight is 281 g/mol. The molecule has 0 aliphatic heterocycles. The Morgan fingerprint density at radius 3 is 2.35 bits per heavy atom. The number of nitro benzene ring substituents is 1. The minimum absolute atomic E-state index is 0.168. The lowest BCUT2D eigenvalue weighted by Crippen LogP contribution is -2.19. The van der Waals surface area contributed by atoms with Gasteiger partial charge in [0.2, 0.25) is 0 Å². The highest BCUT2D eigenvalue weighted by molar-refractivity contribution is 5.92. The highest BCUT2D eigenvalue weighted by Gasteiger charge is 2.23. The van der Waals surface area contributed by atoms with Crippen LogP contribution in [0.5, 0.6) is 5.75 Å². The van der Waals surface area contributed by atoms with Crippen LogP contribution < -0.4 is 4.74 Å². The molecular weight excluding hydrogens is 262 g/mol. The second-order valence-corrected chi connectivity index (χ2v) is 4.95. The first-order valence-corrected chi connectivity index (χ1v) is 6.32. The maximum atomic E-state index is 11.6. The molecule has 6 nitrogen and oxygen atoms in total. The van der Waals surface area contributed by atoms with Gasteiger partial charge in [-0.1, -0.05) is 13.8 Å². The number of aryl methyl sites for hydroxylation is 1. The van der Waals surface area contributed by atoms with Gasteiger partial charge < -0.3 is 9.47 Å². The van der Waals surface area contributed by atoms with Crippen molar-refractivity contribution in [1.29, 1.82) is 0 Å². The molecule has 0 N–H and O–H groups in total. The zero-order chi connectivity index (χ0) is 15.4. The highest BCUT2D eigenvalue weighted by Crippen LogP contribution is 2.32. The fourth-order valence-electron chi connectivity index (χ4n) is 1.57. The quantitative estimate of drug-likeness (QED) is 0.470. The van der Waals surface area contributed by atoms with E-state index in [0.29, 0.717) is 5.56 Å². The summed E-state index contributed by atoms with van der Waals surface area (Å²) in [5.41, 5.74) is 0.514. The lowest BCUT2D eigenvalue weighted by Gasteiger charge is -2.18. The predicted octanol–water partition coefficient (Wildman–Crippen LogP) is 3.11. The SMILES string of the molecule is COC(=O)c1cc([N+](=O)[O-])c(O[C@@H](C)C(C)C)cc1C. The second kappa shape index (κ2) is 6.36. The van der Waals surface area contributed by atoms with Crippen LogP contribution >= 0.6 is 0 Å². The van der Waals surface area contributed by atoms with Crippen LogP contribution in [0.4, 0.5) is 5.69 Å². The molecule has 0 aliphatic rings. The molecular formula is C14H19NO5. The third kappa shape index (κ3) is 3.46. The van der Waals surface area contributed by atoms with Gasteiger partial charge in [0.15, 0.2) is 5.75 Å². The molecule has 6 heteroatoms. The Balaban J connectivity index is 3.28. The molecule has 0 unspecified atom stereocenters. The van der Waals surface area contributed by atoms with Crippen molar-refractivity contribution in [3.63, 3.8) is 0 Å². The first-order valence-electron chi connectivity index (χ1n) is 6.32. The minimum atomic E-state index is -0.603. The van der Waals surface area contributed by atoms with E-state index >= 15 is 0 Å². The van der Waals surface area contributed by atoms with Gasteiger partial charge in [-0.2, -0.15) is 0 Å². The molecule has 0 spiro atoms. The number of hydrogen-bond donors (Lipinski definition) is 0. The molecule has 1 aromatic carbocycles. The van der Waals surface area contributed by atoms with Gasteiger partial charge in [-0.05, 0) is 31.4 Å². The lowest BCUT2D eigenvalue weighted by atomic mass is 10.1. The number of benzene rings is 1. The molecule has 110 valence electrons. The third-order valence-electron chi connectivity index (χ3n) is 3.16. The fraction of sp³-hybridized carbons (Fsp3) is 0.500. The van der Waals surface area contributed by atoms with Gasteiger partial charge >= 0.3 is 11.7 Å². The molecule has 0 amide bonds. The second-order valence-electron chi connectivity index (χ2n) is 4.95. The van der Waals surface area contributed by atoms with Crippen molar-refractivity contribution in [2.75, 3.05) is 7.11 Å². The zero-order valence-electron chi connectivity index (χ0n) is 12.3. The van der Waals surface area contributed by atoms with Crippen molar-refractivity contribution >= 4 is 11.7 Å². The van der Waals surface area contributed by atoms with E-state index in [9.17, 15) is 14.9 Å². The van der Waals surface area contributed by atoms with E-state index in [4.69, 9.17) is 4.74 Å². The molecule has 0 radical (unpaired) electrons. The summed E-state index contributed by atoms with van der Waals surface area (Å²) < 4.78 is 10.2. The van der Waals surface area contributed by atoms with Crippen LogP contribution in [0.15, 0.2) is 12.1 Å². The van der Waals surface area contributed by atoms with E-state index in [1.54, 1.807) is 6.92 Å². The molecule has 1 rings (SSSR count). The van der Waals surface area contributed by atoms with E-state index in [0.717, 1.165) is 0 Å². The zero-order valence-corrected chi connectivity index (χ0v) is 12.3. The number of nitrogens with zero attached hydrogens (tertiary/aromatic N) is 1. The number of rotatable bonds is 5. The van der Waals surface area contributed by atoms with Crippen LogP contribution in [0.1, 0.15) is 36.7 Å². The summed E-state index contributed by atoms with van der Waals surface area (Å²) in [6.45, 7) is 7.46. The Hall–Kier alpha value is -2.11. The Morgan fingerprint density at radius 1 is 1.30 bits per heavy atom. The average Bonchev–Trinajstić information content (AvgIpc) is 2.37. The minimum Gasteiger partial charge on any atom is -0.484 e. The van der Waals surface area contributed by atoms with Gasteiger partial charge in [0.25, 0.3) is 0 Å². The predicted molar refractivity (Wildman–Crippen MR) is 74.1 cm³/mol. The normalized spacial score (nSPS) is 12.1. The Bertz CT molecular complexity index is 525. The number of hydrogen-bond acceptors (Lipinski definition) is 5. The smallest absolute Gasteiger partial charge is 0.338 e. The standard InChI is InChI=1S/C14H19NO5/c1-8(2)10(4)20-13-6-9(3)11(14(16)19-5)7-12(13)15(17)18/h6-8,10H,1-5H3/t10-/m0/s1. The van der Waals surface area contributed by atoms with Crippen molar-refractivity contribution in [3.8, 4) is 5.75 Å². The summed E-state index contributed by atoms with van der Waals surface area (Å²) in [7, 11) is 1.23. The van der Waals surface area contributed by atoms with Gasteiger partial charge in [-0.15, -0.1) is 0 Å². The Morgan fingerprint density at radius 2 is 1.90 bits per heavy atom. The van der Waals surface area contributed by atoms with E-state index in [2.05, 4.69) is 4.74 Å². The summed E-state index contributed by atoms with van der Waals surface area (Å²) in [5, 5.41) is 11.1. The molecule has 1 atom stereocenters.